The van der Waals surface area contributed by atoms with Crippen LogP contribution in [-0.4, -0.2) is 33.3 Å². The maximum atomic E-state index is 9.73. The molecule has 86 valence electrons. The number of rotatable bonds is 1. The molecule has 0 aliphatic carbocycles. The molecule has 4 nitrogen and oxygen atoms in total. The second-order valence-corrected chi connectivity index (χ2v) is 5.43. The average Bonchev–Trinajstić information content (AvgIpc) is 2.54. The lowest BCUT2D eigenvalue weighted by atomic mass is 10.0. The maximum absolute atomic E-state index is 9.73. The number of halogens is 1. The van der Waals surface area contributed by atoms with Crippen molar-refractivity contribution >= 4 is 21.7 Å². The quantitative estimate of drug-likeness (QED) is 0.853. The monoisotopic (exact) mass is 283 g/mol. The first-order valence-electron chi connectivity index (χ1n) is 5.68. The number of anilines is 1. The van der Waals surface area contributed by atoms with Gasteiger partial charge in [0.05, 0.1) is 18.5 Å². The van der Waals surface area contributed by atoms with Gasteiger partial charge in [-0.25, -0.2) is 9.97 Å². The van der Waals surface area contributed by atoms with Crippen molar-refractivity contribution in [3.63, 3.8) is 0 Å². The van der Waals surface area contributed by atoms with Crippen LogP contribution in [0.1, 0.15) is 25.7 Å². The normalized spacial score (nSPS) is 33.1. The minimum Gasteiger partial charge on any atom is -0.393 e. The SMILES string of the molecule is OC1CC2CCC(C1)N2c1cnc(Br)cn1. The van der Waals surface area contributed by atoms with Gasteiger partial charge in [0.2, 0.25) is 0 Å². The van der Waals surface area contributed by atoms with Crippen molar-refractivity contribution in [3.05, 3.63) is 17.0 Å². The number of aliphatic hydroxyl groups is 1. The minimum absolute atomic E-state index is 0.128. The Labute approximate surface area is 103 Å². The molecule has 5 heteroatoms. The summed E-state index contributed by atoms with van der Waals surface area (Å²) in [6.45, 7) is 0. The Morgan fingerprint density at radius 1 is 1.19 bits per heavy atom. The van der Waals surface area contributed by atoms with Crippen LogP contribution in [-0.2, 0) is 0 Å². The van der Waals surface area contributed by atoms with E-state index in [9.17, 15) is 5.11 Å². The molecule has 1 aromatic heterocycles. The Morgan fingerprint density at radius 2 is 1.88 bits per heavy atom. The topological polar surface area (TPSA) is 49.2 Å². The van der Waals surface area contributed by atoms with E-state index in [4.69, 9.17) is 0 Å². The minimum atomic E-state index is -0.128. The first kappa shape index (κ1) is 10.5. The molecule has 0 amide bonds. The predicted molar refractivity (Wildman–Crippen MR) is 64.3 cm³/mol. The number of nitrogens with zero attached hydrogens (tertiary/aromatic N) is 3. The molecule has 2 atom stereocenters. The smallest absolute Gasteiger partial charge is 0.147 e. The average molecular weight is 284 g/mol. The van der Waals surface area contributed by atoms with E-state index in [1.54, 1.807) is 6.20 Å². The molecule has 3 rings (SSSR count). The molecule has 1 N–H and O–H groups in total. The van der Waals surface area contributed by atoms with E-state index in [-0.39, 0.29) is 6.10 Å². The largest absolute Gasteiger partial charge is 0.393 e. The van der Waals surface area contributed by atoms with E-state index in [1.807, 2.05) is 6.20 Å². The van der Waals surface area contributed by atoms with Crippen molar-refractivity contribution in [1.29, 1.82) is 0 Å². The summed E-state index contributed by atoms with van der Waals surface area (Å²) >= 11 is 3.29. The fourth-order valence-electron chi connectivity index (χ4n) is 2.96. The van der Waals surface area contributed by atoms with Crippen molar-refractivity contribution in [1.82, 2.24) is 9.97 Å². The predicted octanol–water partition coefficient (Wildman–Crippen LogP) is 1.73. The summed E-state index contributed by atoms with van der Waals surface area (Å²) in [5, 5.41) is 9.73. The first-order chi connectivity index (χ1) is 7.74. The van der Waals surface area contributed by atoms with E-state index in [1.165, 1.54) is 12.8 Å². The van der Waals surface area contributed by atoms with E-state index in [2.05, 4.69) is 30.8 Å². The summed E-state index contributed by atoms with van der Waals surface area (Å²) in [7, 11) is 0. The van der Waals surface area contributed by atoms with Gasteiger partial charge in [-0.3, -0.25) is 0 Å². The highest BCUT2D eigenvalue weighted by molar-refractivity contribution is 9.10. The van der Waals surface area contributed by atoms with E-state index < -0.39 is 0 Å². The van der Waals surface area contributed by atoms with Gasteiger partial charge in [0.15, 0.2) is 0 Å². The number of hydrogen-bond donors (Lipinski definition) is 1. The zero-order chi connectivity index (χ0) is 11.1. The molecular weight excluding hydrogens is 270 g/mol. The third-order valence-corrected chi connectivity index (χ3v) is 3.99. The molecule has 2 aliphatic heterocycles. The van der Waals surface area contributed by atoms with Gasteiger partial charge < -0.3 is 10.0 Å². The van der Waals surface area contributed by atoms with Gasteiger partial charge in [-0.15, -0.1) is 0 Å². The lowest BCUT2D eigenvalue weighted by Gasteiger charge is -2.37. The highest BCUT2D eigenvalue weighted by atomic mass is 79.9. The highest BCUT2D eigenvalue weighted by Crippen LogP contribution is 2.38. The fourth-order valence-corrected chi connectivity index (χ4v) is 3.17. The number of hydrogen-bond acceptors (Lipinski definition) is 4. The lowest BCUT2D eigenvalue weighted by Crippen LogP contribution is -2.45. The number of fused-ring (bicyclic) bond motifs is 2. The second-order valence-electron chi connectivity index (χ2n) is 4.61. The molecule has 3 heterocycles. The zero-order valence-corrected chi connectivity index (χ0v) is 10.5. The van der Waals surface area contributed by atoms with Crippen LogP contribution in [0, 0.1) is 0 Å². The first-order valence-corrected chi connectivity index (χ1v) is 6.47. The second kappa shape index (κ2) is 3.96. The Balaban J connectivity index is 1.88. The molecule has 2 aliphatic rings. The van der Waals surface area contributed by atoms with Gasteiger partial charge in [0.25, 0.3) is 0 Å². The molecule has 1 aromatic rings. The van der Waals surface area contributed by atoms with Crippen LogP contribution in [0.3, 0.4) is 0 Å². The van der Waals surface area contributed by atoms with Crippen LogP contribution in [0.5, 0.6) is 0 Å². The third kappa shape index (κ3) is 1.72. The highest BCUT2D eigenvalue weighted by Gasteiger charge is 2.40. The lowest BCUT2D eigenvalue weighted by molar-refractivity contribution is 0.126. The molecule has 0 radical (unpaired) electrons. The standard InChI is InChI=1S/C11H14BrN3O/c12-10-5-14-11(6-13-10)15-7-1-2-8(15)4-9(16)3-7/h5-9,16H,1-4H2. The molecule has 0 aromatic carbocycles. The fraction of sp³-hybridized carbons (Fsp3) is 0.636. The van der Waals surface area contributed by atoms with E-state index >= 15 is 0 Å². The summed E-state index contributed by atoms with van der Waals surface area (Å²) in [4.78, 5) is 11.0. The third-order valence-electron chi connectivity index (χ3n) is 3.58. The van der Waals surface area contributed by atoms with Gasteiger partial charge in [-0.05, 0) is 41.6 Å². The molecular formula is C11H14BrN3O. The summed E-state index contributed by atoms with van der Waals surface area (Å²) in [6.07, 6.45) is 7.49. The van der Waals surface area contributed by atoms with Gasteiger partial charge >= 0.3 is 0 Å². The van der Waals surface area contributed by atoms with Crippen LogP contribution < -0.4 is 4.90 Å². The van der Waals surface area contributed by atoms with Crippen LogP contribution in [0.25, 0.3) is 0 Å². The number of aliphatic hydroxyl groups excluding tert-OH is 1. The summed E-state index contributed by atoms with van der Waals surface area (Å²) in [5.41, 5.74) is 0. The maximum Gasteiger partial charge on any atom is 0.147 e. The molecule has 2 unspecified atom stereocenters. The van der Waals surface area contributed by atoms with Crippen LogP contribution >= 0.6 is 15.9 Å². The summed E-state index contributed by atoms with van der Waals surface area (Å²) < 4.78 is 0.764. The molecule has 2 saturated heterocycles. The molecule has 2 bridgehead atoms. The molecule has 2 fully saturated rings. The van der Waals surface area contributed by atoms with Crippen LogP contribution in [0.2, 0.25) is 0 Å². The van der Waals surface area contributed by atoms with E-state index in [0.29, 0.717) is 12.1 Å². The van der Waals surface area contributed by atoms with Crippen molar-refractivity contribution in [2.45, 2.75) is 43.9 Å². The van der Waals surface area contributed by atoms with Crippen LogP contribution in [0.4, 0.5) is 5.82 Å². The molecule has 0 saturated carbocycles. The Kier molecular flexibility index (Phi) is 2.59. The zero-order valence-electron chi connectivity index (χ0n) is 8.88. The Hall–Kier alpha value is -0.680. The van der Waals surface area contributed by atoms with Crippen molar-refractivity contribution in [3.8, 4) is 0 Å². The number of aromatic nitrogens is 2. The Morgan fingerprint density at radius 3 is 2.44 bits per heavy atom. The van der Waals surface area contributed by atoms with Crippen molar-refractivity contribution < 1.29 is 5.11 Å². The van der Waals surface area contributed by atoms with E-state index in [0.717, 1.165) is 23.3 Å². The van der Waals surface area contributed by atoms with Gasteiger partial charge in [-0.1, -0.05) is 0 Å². The van der Waals surface area contributed by atoms with Gasteiger partial charge in [0.1, 0.15) is 10.4 Å². The van der Waals surface area contributed by atoms with Crippen LogP contribution in [0.15, 0.2) is 17.0 Å². The van der Waals surface area contributed by atoms with Crippen molar-refractivity contribution in [2.75, 3.05) is 4.90 Å². The molecule has 16 heavy (non-hydrogen) atoms. The number of piperidine rings is 1. The Bertz CT molecular complexity index is 369. The van der Waals surface area contributed by atoms with Gasteiger partial charge in [-0.2, -0.15) is 0 Å². The summed E-state index contributed by atoms with van der Waals surface area (Å²) in [6, 6.07) is 0.897. The molecule has 0 spiro atoms. The summed E-state index contributed by atoms with van der Waals surface area (Å²) in [5.74, 6) is 0.947. The van der Waals surface area contributed by atoms with Crippen molar-refractivity contribution in [2.24, 2.45) is 0 Å². The van der Waals surface area contributed by atoms with Gasteiger partial charge in [0, 0.05) is 12.1 Å².